The van der Waals surface area contributed by atoms with Crippen LogP contribution in [-0.4, -0.2) is 24.5 Å². The molecule has 1 atom stereocenters. The van der Waals surface area contributed by atoms with Gasteiger partial charge in [-0.05, 0) is 19.9 Å². The molecule has 5 nitrogen and oxygen atoms in total. The summed E-state index contributed by atoms with van der Waals surface area (Å²) in [4.78, 5) is 17.8. The van der Waals surface area contributed by atoms with Crippen LogP contribution in [0.25, 0.3) is 11.5 Å². The summed E-state index contributed by atoms with van der Waals surface area (Å²) in [5.74, 6) is 1.69. The van der Waals surface area contributed by atoms with Crippen molar-refractivity contribution in [2.75, 3.05) is 0 Å². The molecule has 0 aliphatic rings. The second-order valence-corrected chi connectivity index (χ2v) is 5.76. The van der Waals surface area contributed by atoms with Gasteiger partial charge in [0.25, 0.3) is 0 Å². The van der Waals surface area contributed by atoms with Crippen LogP contribution in [-0.2, 0) is 6.42 Å². The van der Waals surface area contributed by atoms with E-state index in [1.54, 1.807) is 23.7 Å². The van der Waals surface area contributed by atoms with Crippen LogP contribution in [0.1, 0.15) is 36.4 Å². The third kappa shape index (κ3) is 2.71. The lowest BCUT2D eigenvalue weighted by Gasteiger charge is -2.14. The second-order valence-electron chi connectivity index (χ2n) is 4.87. The van der Waals surface area contributed by atoms with Crippen molar-refractivity contribution in [1.82, 2.24) is 24.5 Å². The smallest absolute Gasteiger partial charge is 0.159 e. The molecule has 3 rings (SSSR count). The van der Waals surface area contributed by atoms with Gasteiger partial charge in [0.05, 0.1) is 6.04 Å². The lowest BCUT2D eigenvalue weighted by molar-refractivity contribution is 0.638. The molecular formula is C15H17N5S. The predicted octanol–water partition coefficient (Wildman–Crippen LogP) is 3.28. The molecule has 3 aromatic rings. The van der Waals surface area contributed by atoms with Crippen molar-refractivity contribution in [3.05, 3.63) is 46.6 Å². The van der Waals surface area contributed by atoms with E-state index in [1.807, 2.05) is 26.1 Å². The van der Waals surface area contributed by atoms with Crippen LogP contribution < -0.4 is 0 Å². The fraction of sp³-hybridized carbons (Fsp3) is 0.333. The molecule has 0 aliphatic carbocycles. The summed E-state index contributed by atoms with van der Waals surface area (Å²) in [6, 6.07) is 2.04. The number of aryl methyl sites for hydroxylation is 2. The summed E-state index contributed by atoms with van der Waals surface area (Å²) in [7, 11) is 0. The first-order valence-electron chi connectivity index (χ1n) is 6.96. The lowest BCUT2D eigenvalue weighted by atomic mass is 10.3. The van der Waals surface area contributed by atoms with E-state index in [4.69, 9.17) is 0 Å². The topological polar surface area (TPSA) is 56.5 Å². The van der Waals surface area contributed by atoms with Gasteiger partial charge in [-0.2, -0.15) is 0 Å². The molecule has 0 aromatic carbocycles. The second kappa shape index (κ2) is 5.73. The minimum absolute atomic E-state index is 0.140. The lowest BCUT2D eigenvalue weighted by Crippen LogP contribution is -2.08. The summed E-state index contributed by atoms with van der Waals surface area (Å²) in [6.07, 6.45) is 6.39. The summed E-state index contributed by atoms with van der Waals surface area (Å²) >= 11 is 1.67. The van der Waals surface area contributed by atoms with Gasteiger partial charge in [-0.3, -0.25) is 0 Å². The van der Waals surface area contributed by atoms with Crippen LogP contribution >= 0.6 is 11.3 Å². The molecule has 0 fully saturated rings. The van der Waals surface area contributed by atoms with Crippen LogP contribution in [0.5, 0.6) is 0 Å². The normalized spacial score (nSPS) is 12.5. The number of thiazole rings is 1. The van der Waals surface area contributed by atoms with Crippen molar-refractivity contribution in [2.45, 2.75) is 33.2 Å². The molecule has 0 radical (unpaired) electrons. The fourth-order valence-electron chi connectivity index (χ4n) is 2.20. The molecule has 21 heavy (non-hydrogen) atoms. The fourth-order valence-corrected chi connectivity index (χ4v) is 3.05. The number of hydrogen-bond acceptors (Lipinski definition) is 5. The first-order valence-corrected chi connectivity index (χ1v) is 7.84. The molecule has 3 aromatic heterocycles. The van der Waals surface area contributed by atoms with E-state index in [0.29, 0.717) is 0 Å². The van der Waals surface area contributed by atoms with Gasteiger partial charge in [-0.1, -0.05) is 6.92 Å². The number of rotatable bonds is 4. The maximum atomic E-state index is 4.57. The Morgan fingerprint density at radius 1 is 1.24 bits per heavy atom. The summed E-state index contributed by atoms with van der Waals surface area (Å²) in [5, 5.41) is 3.15. The molecule has 108 valence electrons. The van der Waals surface area contributed by atoms with Crippen LogP contribution in [0.3, 0.4) is 0 Å². The van der Waals surface area contributed by atoms with Crippen molar-refractivity contribution >= 4 is 11.3 Å². The molecule has 0 saturated carbocycles. The maximum absolute atomic E-state index is 4.57. The summed E-state index contributed by atoms with van der Waals surface area (Å²) < 4.78 is 2.11. The Bertz CT molecular complexity index is 746. The molecule has 0 saturated heterocycles. The Labute approximate surface area is 127 Å². The van der Waals surface area contributed by atoms with E-state index in [9.17, 15) is 0 Å². The van der Waals surface area contributed by atoms with E-state index < -0.39 is 0 Å². The summed E-state index contributed by atoms with van der Waals surface area (Å²) in [6.45, 7) is 6.19. The van der Waals surface area contributed by atoms with Gasteiger partial charge < -0.3 is 4.57 Å². The first-order chi connectivity index (χ1) is 10.2. The maximum Gasteiger partial charge on any atom is 0.159 e. The number of nitrogens with zero attached hydrogens (tertiary/aromatic N) is 5. The van der Waals surface area contributed by atoms with Gasteiger partial charge in [0.2, 0.25) is 0 Å². The number of hydrogen-bond donors (Lipinski definition) is 0. The molecule has 0 amide bonds. The molecule has 0 bridgehead atoms. The quantitative estimate of drug-likeness (QED) is 0.742. The van der Waals surface area contributed by atoms with E-state index in [1.165, 1.54) is 0 Å². The van der Waals surface area contributed by atoms with Gasteiger partial charge in [0, 0.05) is 36.1 Å². The first kappa shape index (κ1) is 13.9. The van der Waals surface area contributed by atoms with Gasteiger partial charge >= 0.3 is 0 Å². The van der Waals surface area contributed by atoms with Crippen molar-refractivity contribution in [2.24, 2.45) is 0 Å². The Hall–Kier alpha value is -2.08. The van der Waals surface area contributed by atoms with Gasteiger partial charge in [0.15, 0.2) is 5.82 Å². The third-order valence-corrected chi connectivity index (χ3v) is 4.46. The predicted molar refractivity (Wildman–Crippen MR) is 83.3 cm³/mol. The highest BCUT2D eigenvalue weighted by Crippen LogP contribution is 2.26. The SMILES string of the molecule is CCc1nccc(-c2nccn2C(C)c2nc(C)cs2)n1. The number of aromatic nitrogens is 5. The van der Waals surface area contributed by atoms with E-state index in [-0.39, 0.29) is 6.04 Å². The van der Waals surface area contributed by atoms with Crippen LogP contribution in [0.2, 0.25) is 0 Å². The monoisotopic (exact) mass is 299 g/mol. The van der Waals surface area contributed by atoms with Crippen LogP contribution in [0.4, 0.5) is 0 Å². The van der Waals surface area contributed by atoms with Gasteiger partial charge in [-0.25, -0.2) is 19.9 Å². The average molecular weight is 299 g/mol. The Morgan fingerprint density at radius 2 is 2.10 bits per heavy atom. The van der Waals surface area contributed by atoms with Crippen molar-refractivity contribution in [1.29, 1.82) is 0 Å². The highest BCUT2D eigenvalue weighted by molar-refractivity contribution is 7.09. The highest BCUT2D eigenvalue weighted by atomic mass is 32.1. The van der Waals surface area contributed by atoms with Crippen molar-refractivity contribution in [3.8, 4) is 11.5 Å². The average Bonchev–Trinajstić information content (AvgIpc) is 3.15. The molecule has 6 heteroatoms. The van der Waals surface area contributed by atoms with Gasteiger partial charge in [-0.15, -0.1) is 11.3 Å². The van der Waals surface area contributed by atoms with E-state index >= 15 is 0 Å². The molecule has 0 aliphatic heterocycles. The molecule has 3 heterocycles. The van der Waals surface area contributed by atoms with Crippen molar-refractivity contribution in [3.63, 3.8) is 0 Å². The Kier molecular flexibility index (Phi) is 3.79. The minimum atomic E-state index is 0.140. The minimum Gasteiger partial charge on any atom is -0.320 e. The summed E-state index contributed by atoms with van der Waals surface area (Å²) in [5.41, 5.74) is 1.91. The Balaban J connectivity index is 2.00. The standard InChI is InChI=1S/C15H17N5S/c1-4-13-16-6-5-12(19-13)14-17-7-8-20(14)11(3)15-18-10(2)9-21-15/h5-9,11H,4H2,1-3H3. The van der Waals surface area contributed by atoms with Gasteiger partial charge in [0.1, 0.15) is 16.5 Å². The highest BCUT2D eigenvalue weighted by Gasteiger charge is 2.17. The zero-order valence-electron chi connectivity index (χ0n) is 12.3. The zero-order chi connectivity index (χ0) is 14.8. The van der Waals surface area contributed by atoms with Crippen LogP contribution in [0.15, 0.2) is 30.0 Å². The largest absolute Gasteiger partial charge is 0.320 e. The van der Waals surface area contributed by atoms with E-state index in [2.05, 4.69) is 36.8 Å². The third-order valence-electron chi connectivity index (χ3n) is 3.33. The number of imidazole rings is 1. The van der Waals surface area contributed by atoms with Crippen molar-refractivity contribution < 1.29 is 0 Å². The molecule has 1 unspecified atom stereocenters. The molecule has 0 N–H and O–H groups in total. The molecule has 0 spiro atoms. The Morgan fingerprint density at radius 3 is 2.81 bits per heavy atom. The van der Waals surface area contributed by atoms with E-state index in [0.717, 1.165) is 34.5 Å². The van der Waals surface area contributed by atoms with Crippen LogP contribution in [0, 0.1) is 6.92 Å². The zero-order valence-corrected chi connectivity index (χ0v) is 13.1. The molecular weight excluding hydrogens is 282 g/mol.